The normalized spacial score (nSPS) is 16.5. The largest absolute Gasteiger partial charge is 0.130 e. The summed E-state index contributed by atoms with van der Waals surface area (Å²) in [5.74, 6) is 0.843. The smallest absolute Gasteiger partial charge is 0.0221 e. The lowest BCUT2D eigenvalue weighted by molar-refractivity contribution is 1.11. The third-order valence-corrected chi connectivity index (χ3v) is 3.64. The monoisotopic (exact) mass is 242 g/mol. The molecule has 0 aliphatic heterocycles. The second kappa shape index (κ2) is 3.43. The van der Waals surface area contributed by atoms with Crippen molar-refractivity contribution in [3.8, 4) is 0 Å². The van der Waals surface area contributed by atoms with Crippen LogP contribution in [0.25, 0.3) is 0 Å². The predicted octanol–water partition coefficient (Wildman–Crippen LogP) is 4.05. The highest BCUT2D eigenvalue weighted by atomic mass is 79.9. The van der Waals surface area contributed by atoms with Gasteiger partial charge in [-0.05, 0) is 42.7 Å². The van der Waals surface area contributed by atoms with E-state index in [4.69, 9.17) is 0 Å². The lowest BCUT2D eigenvalue weighted by Crippen LogP contribution is -1.81. The van der Waals surface area contributed by atoms with Gasteiger partial charge in [-0.15, -0.1) is 11.8 Å². The van der Waals surface area contributed by atoms with E-state index in [9.17, 15) is 0 Å². The molecule has 2 rings (SSSR count). The fourth-order valence-corrected chi connectivity index (χ4v) is 2.65. The van der Waals surface area contributed by atoms with Crippen molar-refractivity contribution in [2.24, 2.45) is 0 Å². The Labute approximate surface area is 85.9 Å². The highest BCUT2D eigenvalue weighted by molar-refractivity contribution is 9.10. The molecule has 0 N–H and O–H groups in total. The highest BCUT2D eigenvalue weighted by Crippen LogP contribution is 2.43. The molecule has 64 valence electrons. The zero-order valence-electron chi connectivity index (χ0n) is 7.01. The first-order valence-electron chi connectivity index (χ1n) is 4.14. The summed E-state index contributed by atoms with van der Waals surface area (Å²) in [7, 11) is 0. The first-order valence-corrected chi connectivity index (χ1v) is 6.16. The van der Waals surface area contributed by atoms with E-state index in [1.54, 1.807) is 11.8 Å². The van der Waals surface area contributed by atoms with Gasteiger partial charge in [0.05, 0.1) is 0 Å². The summed E-state index contributed by atoms with van der Waals surface area (Å²) in [6.45, 7) is 0. The Morgan fingerprint density at radius 3 is 2.67 bits per heavy atom. The van der Waals surface area contributed by atoms with Gasteiger partial charge in [0.25, 0.3) is 0 Å². The summed E-state index contributed by atoms with van der Waals surface area (Å²) in [4.78, 5) is 1.34. The van der Waals surface area contributed by atoms with Gasteiger partial charge in [0, 0.05) is 9.37 Å². The molecule has 0 nitrogen and oxygen atoms in total. The number of halogens is 1. The molecule has 1 aliphatic rings. The zero-order chi connectivity index (χ0) is 8.55. The maximum Gasteiger partial charge on any atom is 0.0221 e. The quantitative estimate of drug-likeness (QED) is 0.706. The molecule has 0 atom stereocenters. The fourth-order valence-electron chi connectivity index (χ4n) is 1.36. The Kier molecular flexibility index (Phi) is 2.47. The SMILES string of the molecule is CSc1ccc(C2CC2)c(Br)c1. The standard InChI is InChI=1S/C10H11BrS/c1-12-8-4-5-9(7-2-3-7)10(11)6-8/h4-7H,2-3H2,1H3. The second-order valence-electron chi connectivity index (χ2n) is 3.16. The topological polar surface area (TPSA) is 0 Å². The first-order chi connectivity index (χ1) is 5.81. The van der Waals surface area contributed by atoms with E-state index in [2.05, 4.69) is 40.4 Å². The molecule has 1 aromatic rings. The number of thioether (sulfide) groups is 1. The molecule has 0 heterocycles. The van der Waals surface area contributed by atoms with E-state index in [1.807, 2.05) is 0 Å². The van der Waals surface area contributed by atoms with Crippen molar-refractivity contribution < 1.29 is 0 Å². The van der Waals surface area contributed by atoms with Crippen molar-refractivity contribution in [3.05, 3.63) is 28.2 Å². The molecule has 0 saturated heterocycles. The van der Waals surface area contributed by atoms with Gasteiger partial charge in [0.2, 0.25) is 0 Å². The van der Waals surface area contributed by atoms with E-state index in [1.165, 1.54) is 27.8 Å². The summed E-state index contributed by atoms with van der Waals surface area (Å²) in [5.41, 5.74) is 1.49. The number of hydrogen-bond acceptors (Lipinski definition) is 1. The third-order valence-electron chi connectivity index (χ3n) is 2.22. The van der Waals surface area contributed by atoms with E-state index >= 15 is 0 Å². The van der Waals surface area contributed by atoms with E-state index in [0.29, 0.717) is 0 Å². The van der Waals surface area contributed by atoms with Gasteiger partial charge in [0.15, 0.2) is 0 Å². The van der Waals surface area contributed by atoms with Crippen molar-refractivity contribution in [3.63, 3.8) is 0 Å². The van der Waals surface area contributed by atoms with Crippen LogP contribution in [0.2, 0.25) is 0 Å². The molecule has 1 saturated carbocycles. The molecule has 0 radical (unpaired) electrons. The molecule has 0 bridgehead atoms. The van der Waals surface area contributed by atoms with Crippen LogP contribution >= 0.6 is 27.7 Å². The van der Waals surface area contributed by atoms with E-state index in [-0.39, 0.29) is 0 Å². The Balaban J connectivity index is 2.32. The molecule has 0 aromatic heterocycles. The lowest BCUT2D eigenvalue weighted by atomic mass is 10.1. The van der Waals surface area contributed by atoms with Crippen LogP contribution in [0.3, 0.4) is 0 Å². The van der Waals surface area contributed by atoms with E-state index in [0.717, 1.165) is 5.92 Å². The van der Waals surface area contributed by atoms with Gasteiger partial charge in [-0.25, -0.2) is 0 Å². The van der Waals surface area contributed by atoms with Crippen LogP contribution in [0.4, 0.5) is 0 Å². The molecule has 0 spiro atoms. The van der Waals surface area contributed by atoms with Crippen LogP contribution in [-0.4, -0.2) is 6.26 Å². The molecule has 12 heavy (non-hydrogen) atoms. The maximum atomic E-state index is 3.62. The van der Waals surface area contributed by atoms with Crippen LogP contribution in [0, 0.1) is 0 Å². The van der Waals surface area contributed by atoms with Crippen LogP contribution in [0.1, 0.15) is 24.3 Å². The molecular formula is C10H11BrS. The number of rotatable bonds is 2. The predicted molar refractivity (Wildman–Crippen MR) is 57.9 cm³/mol. The number of benzene rings is 1. The minimum atomic E-state index is 0.843. The molecule has 1 aromatic carbocycles. The fraction of sp³-hybridized carbons (Fsp3) is 0.400. The summed E-state index contributed by atoms with van der Waals surface area (Å²) in [6, 6.07) is 6.69. The summed E-state index contributed by atoms with van der Waals surface area (Å²) >= 11 is 5.41. The van der Waals surface area contributed by atoms with Crippen molar-refractivity contribution in [2.45, 2.75) is 23.7 Å². The van der Waals surface area contributed by atoms with Gasteiger partial charge in [-0.1, -0.05) is 22.0 Å². The minimum absolute atomic E-state index is 0.843. The van der Waals surface area contributed by atoms with Gasteiger partial charge < -0.3 is 0 Å². The van der Waals surface area contributed by atoms with E-state index < -0.39 is 0 Å². The summed E-state index contributed by atoms with van der Waals surface area (Å²) in [5, 5.41) is 0. The molecule has 0 unspecified atom stereocenters. The highest BCUT2D eigenvalue weighted by Gasteiger charge is 2.25. The van der Waals surface area contributed by atoms with Crippen molar-refractivity contribution in [1.29, 1.82) is 0 Å². The van der Waals surface area contributed by atoms with Gasteiger partial charge in [-0.2, -0.15) is 0 Å². The van der Waals surface area contributed by atoms with Crippen molar-refractivity contribution >= 4 is 27.7 Å². The Morgan fingerprint density at radius 1 is 1.42 bits per heavy atom. The van der Waals surface area contributed by atoms with Crippen LogP contribution in [0.15, 0.2) is 27.6 Å². The molecule has 0 amide bonds. The molecule has 1 fully saturated rings. The van der Waals surface area contributed by atoms with Gasteiger partial charge in [0.1, 0.15) is 0 Å². The summed E-state index contributed by atoms with van der Waals surface area (Å²) < 4.78 is 1.29. The van der Waals surface area contributed by atoms with Gasteiger partial charge >= 0.3 is 0 Å². The van der Waals surface area contributed by atoms with Crippen LogP contribution in [-0.2, 0) is 0 Å². The zero-order valence-corrected chi connectivity index (χ0v) is 9.41. The Hall–Kier alpha value is 0.0500. The molecule has 2 heteroatoms. The Morgan fingerprint density at radius 2 is 2.17 bits per heavy atom. The molecular weight excluding hydrogens is 232 g/mol. The average molecular weight is 243 g/mol. The Bertz CT molecular complexity index is 292. The minimum Gasteiger partial charge on any atom is -0.130 e. The van der Waals surface area contributed by atoms with Crippen molar-refractivity contribution in [1.82, 2.24) is 0 Å². The second-order valence-corrected chi connectivity index (χ2v) is 4.90. The summed E-state index contributed by atoms with van der Waals surface area (Å²) in [6.07, 6.45) is 4.85. The lowest BCUT2D eigenvalue weighted by Gasteiger charge is -2.03. The van der Waals surface area contributed by atoms with Crippen LogP contribution < -0.4 is 0 Å². The van der Waals surface area contributed by atoms with Crippen LogP contribution in [0.5, 0.6) is 0 Å². The third kappa shape index (κ3) is 1.69. The van der Waals surface area contributed by atoms with Crippen molar-refractivity contribution in [2.75, 3.05) is 6.26 Å². The van der Waals surface area contributed by atoms with Gasteiger partial charge in [-0.3, -0.25) is 0 Å². The number of hydrogen-bond donors (Lipinski definition) is 0. The maximum absolute atomic E-state index is 3.62. The average Bonchev–Trinajstić information content (AvgIpc) is 2.87. The molecule has 1 aliphatic carbocycles. The first kappa shape index (κ1) is 8.64.